The van der Waals surface area contributed by atoms with Crippen LogP contribution in [0.15, 0.2) is 24.3 Å². The second kappa shape index (κ2) is 5.81. The Hall–Kier alpha value is -1.95. The van der Waals surface area contributed by atoms with Crippen molar-refractivity contribution in [2.45, 2.75) is 25.4 Å². The van der Waals surface area contributed by atoms with Crippen molar-refractivity contribution in [3.63, 3.8) is 0 Å². The zero-order valence-electron chi connectivity index (χ0n) is 12.0. The lowest BCUT2D eigenvalue weighted by Crippen LogP contribution is -2.53. The Labute approximate surface area is 122 Å². The number of nitrogens with zero attached hydrogens (tertiary/aromatic N) is 1. The maximum Gasteiger partial charge on any atom is 0.334 e. The van der Waals surface area contributed by atoms with Crippen LogP contribution >= 0.6 is 0 Å². The fourth-order valence-electron chi connectivity index (χ4n) is 2.37. The highest BCUT2D eigenvalue weighted by Gasteiger charge is 2.37. The first kappa shape index (κ1) is 15.4. The summed E-state index contributed by atoms with van der Waals surface area (Å²) in [7, 11) is 0. The normalized spacial score (nSPS) is 19.4. The summed E-state index contributed by atoms with van der Waals surface area (Å²) in [5.74, 6) is -1.63. The zero-order chi connectivity index (χ0) is 15.6. The second-order valence-corrected chi connectivity index (χ2v) is 5.58. The molecule has 1 aromatic rings. The fraction of sp³-hybridized carbons (Fsp3) is 0.467. The van der Waals surface area contributed by atoms with Gasteiger partial charge >= 0.3 is 5.97 Å². The molecular weight excluding hydrogens is 277 g/mol. The molecule has 0 bridgehead atoms. The summed E-state index contributed by atoms with van der Waals surface area (Å²) in [4.78, 5) is 25.1. The average Bonchev–Trinajstić information content (AvgIpc) is 2.47. The van der Waals surface area contributed by atoms with Crippen molar-refractivity contribution in [2.24, 2.45) is 0 Å². The number of hydrogen-bond donors (Lipinski definition) is 1. The lowest BCUT2D eigenvalue weighted by molar-refractivity contribution is -0.160. The maximum atomic E-state index is 13.0. The lowest BCUT2D eigenvalue weighted by atomic mass is 9.83. The van der Waals surface area contributed by atoms with E-state index in [9.17, 15) is 14.0 Å². The molecule has 0 spiro atoms. The molecule has 2 rings (SSSR count). The van der Waals surface area contributed by atoms with Gasteiger partial charge in [-0.1, -0.05) is 12.1 Å². The summed E-state index contributed by atoms with van der Waals surface area (Å²) >= 11 is 0. The van der Waals surface area contributed by atoms with Crippen LogP contribution in [0.1, 0.15) is 19.4 Å². The smallest absolute Gasteiger partial charge is 0.334 e. The van der Waals surface area contributed by atoms with Gasteiger partial charge in [0.15, 0.2) is 6.10 Å². The molecule has 21 heavy (non-hydrogen) atoms. The Morgan fingerprint density at radius 2 is 1.95 bits per heavy atom. The summed E-state index contributed by atoms with van der Waals surface area (Å²) in [6, 6.07) is 5.76. The maximum absolute atomic E-state index is 13.0. The van der Waals surface area contributed by atoms with Crippen molar-refractivity contribution < 1.29 is 23.8 Å². The van der Waals surface area contributed by atoms with Crippen LogP contribution in [0.2, 0.25) is 0 Å². The Morgan fingerprint density at radius 3 is 2.52 bits per heavy atom. The van der Waals surface area contributed by atoms with Crippen LogP contribution in [-0.4, -0.2) is 47.7 Å². The van der Waals surface area contributed by atoms with Crippen molar-refractivity contribution >= 4 is 11.9 Å². The Kier molecular flexibility index (Phi) is 4.27. The van der Waals surface area contributed by atoms with Gasteiger partial charge in [-0.15, -0.1) is 0 Å². The van der Waals surface area contributed by atoms with E-state index in [4.69, 9.17) is 9.84 Å². The highest BCUT2D eigenvalue weighted by molar-refractivity contribution is 5.88. The molecule has 0 radical (unpaired) electrons. The van der Waals surface area contributed by atoms with Crippen LogP contribution in [0.5, 0.6) is 0 Å². The second-order valence-electron chi connectivity index (χ2n) is 5.58. The molecule has 1 aliphatic heterocycles. The molecule has 5 nitrogen and oxygen atoms in total. The minimum absolute atomic E-state index is 0.0266. The van der Waals surface area contributed by atoms with Gasteiger partial charge in [0.2, 0.25) is 5.91 Å². The number of amides is 1. The molecule has 0 aliphatic carbocycles. The van der Waals surface area contributed by atoms with Gasteiger partial charge in [-0.3, -0.25) is 4.79 Å². The molecular formula is C15H18FNO4. The summed E-state index contributed by atoms with van der Waals surface area (Å²) < 4.78 is 18.1. The van der Waals surface area contributed by atoms with Crippen LogP contribution in [-0.2, 0) is 19.7 Å². The van der Waals surface area contributed by atoms with Gasteiger partial charge in [-0.2, -0.15) is 0 Å². The standard InChI is InChI=1S/C15H18FNO4/c1-15(2,10-3-5-11(16)6-4-10)14(20)17-7-8-21-12(9-17)13(18)19/h3-6,12H,7-9H2,1-2H3,(H,18,19). The summed E-state index contributed by atoms with van der Waals surface area (Å²) in [5.41, 5.74) is -0.166. The third kappa shape index (κ3) is 3.21. The minimum Gasteiger partial charge on any atom is -0.479 e. The van der Waals surface area contributed by atoms with Crippen LogP contribution in [0.4, 0.5) is 4.39 Å². The van der Waals surface area contributed by atoms with Crippen LogP contribution in [0.25, 0.3) is 0 Å². The summed E-state index contributed by atoms with van der Waals surface area (Å²) in [6.07, 6.45) is -0.994. The Bertz CT molecular complexity index is 541. The van der Waals surface area contributed by atoms with E-state index in [0.717, 1.165) is 0 Å². The molecule has 6 heteroatoms. The Morgan fingerprint density at radius 1 is 1.33 bits per heavy atom. The zero-order valence-corrected chi connectivity index (χ0v) is 12.0. The molecule has 0 saturated carbocycles. The summed E-state index contributed by atoms with van der Waals surface area (Å²) in [5, 5.41) is 8.98. The third-order valence-electron chi connectivity index (χ3n) is 3.73. The van der Waals surface area contributed by atoms with E-state index in [1.54, 1.807) is 26.0 Å². The topological polar surface area (TPSA) is 66.8 Å². The number of rotatable bonds is 3. The van der Waals surface area contributed by atoms with Crippen molar-refractivity contribution in [3.8, 4) is 0 Å². The average molecular weight is 295 g/mol. The van der Waals surface area contributed by atoms with E-state index in [1.807, 2.05) is 0 Å². The van der Waals surface area contributed by atoms with Crippen molar-refractivity contribution in [1.82, 2.24) is 4.90 Å². The number of carbonyl (C=O) groups excluding carboxylic acids is 1. The van der Waals surface area contributed by atoms with E-state index < -0.39 is 17.5 Å². The van der Waals surface area contributed by atoms with E-state index in [0.29, 0.717) is 12.1 Å². The van der Waals surface area contributed by atoms with Gasteiger partial charge in [0, 0.05) is 6.54 Å². The monoisotopic (exact) mass is 295 g/mol. The molecule has 1 fully saturated rings. The van der Waals surface area contributed by atoms with Gasteiger partial charge in [0.05, 0.1) is 18.6 Å². The van der Waals surface area contributed by atoms with Crippen molar-refractivity contribution in [1.29, 1.82) is 0 Å². The SMILES string of the molecule is CC(C)(C(=O)N1CCOC(C(=O)O)C1)c1ccc(F)cc1. The minimum atomic E-state index is -1.08. The predicted molar refractivity (Wildman–Crippen MR) is 73.4 cm³/mol. The van der Waals surface area contributed by atoms with Crippen molar-refractivity contribution in [2.75, 3.05) is 19.7 Å². The molecule has 1 unspecified atom stereocenters. The predicted octanol–water partition coefficient (Wildman–Crippen LogP) is 1.42. The first-order valence-corrected chi connectivity index (χ1v) is 6.72. The number of carbonyl (C=O) groups is 2. The number of morpholine rings is 1. The van der Waals surface area contributed by atoms with Gasteiger partial charge in [0.1, 0.15) is 5.82 Å². The molecule has 1 atom stereocenters. The molecule has 1 saturated heterocycles. The number of ether oxygens (including phenoxy) is 1. The fourth-order valence-corrected chi connectivity index (χ4v) is 2.37. The number of halogens is 1. The number of carboxylic acid groups (broad SMARTS) is 1. The molecule has 0 aromatic heterocycles. The van der Waals surface area contributed by atoms with Crippen molar-refractivity contribution in [3.05, 3.63) is 35.6 Å². The summed E-state index contributed by atoms with van der Waals surface area (Å²) in [6.45, 7) is 4.07. The molecule has 1 heterocycles. The number of benzene rings is 1. The molecule has 1 aliphatic rings. The number of hydrogen-bond acceptors (Lipinski definition) is 3. The van der Waals surface area contributed by atoms with Crippen LogP contribution in [0, 0.1) is 5.82 Å². The first-order valence-electron chi connectivity index (χ1n) is 6.72. The van der Waals surface area contributed by atoms with E-state index in [2.05, 4.69) is 0 Å². The van der Waals surface area contributed by atoms with E-state index in [-0.39, 0.29) is 24.9 Å². The number of aliphatic carboxylic acids is 1. The molecule has 114 valence electrons. The lowest BCUT2D eigenvalue weighted by Gasteiger charge is -2.36. The van der Waals surface area contributed by atoms with Crippen LogP contribution in [0.3, 0.4) is 0 Å². The van der Waals surface area contributed by atoms with Gasteiger partial charge in [-0.25, -0.2) is 9.18 Å². The molecule has 1 aromatic carbocycles. The van der Waals surface area contributed by atoms with Gasteiger partial charge in [-0.05, 0) is 31.5 Å². The van der Waals surface area contributed by atoms with Crippen LogP contribution < -0.4 is 0 Å². The quantitative estimate of drug-likeness (QED) is 0.915. The van der Waals surface area contributed by atoms with E-state index in [1.165, 1.54) is 17.0 Å². The number of carboxylic acids is 1. The highest BCUT2D eigenvalue weighted by Crippen LogP contribution is 2.27. The highest BCUT2D eigenvalue weighted by atomic mass is 19.1. The molecule has 1 N–H and O–H groups in total. The van der Waals surface area contributed by atoms with Gasteiger partial charge < -0.3 is 14.7 Å². The first-order chi connectivity index (χ1) is 9.82. The van der Waals surface area contributed by atoms with Gasteiger partial charge in [0.25, 0.3) is 0 Å². The van der Waals surface area contributed by atoms with E-state index >= 15 is 0 Å². The third-order valence-corrected chi connectivity index (χ3v) is 3.73. The largest absolute Gasteiger partial charge is 0.479 e. The Balaban J connectivity index is 2.17. The molecule has 1 amide bonds.